The fraction of sp³-hybridized carbons (Fsp3) is 0.333. The zero-order valence-corrected chi connectivity index (χ0v) is 8.76. The van der Waals surface area contributed by atoms with Gasteiger partial charge in [0.05, 0.1) is 5.76 Å². The molecule has 0 radical (unpaired) electrons. The number of hydrogen-bond donors (Lipinski definition) is 1. The van der Waals surface area contributed by atoms with E-state index in [1.807, 2.05) is 12.2 Å². The van der Waals surface area contributed by atoms with Crippen LogP contribution in [0.2, 0.25) is 0 Å². The Morgan fingerprint density at radius 2 is 2.25 bits per heavy atom. The second kappa shape index (κ2) is 4.23. The molecule has 0 aliphatic heterocycles. The maximum Gasteiger partial charge on any atom is 0.0925 e. The van der Waals surface area contributed by atoms with E-state index in [2.05, 4.69) is 0 Å². The minimum Gasteiger partial charge on any atom is -0.512 e. The van der Waals surface area contributed by atoms with Crippen molar-refractivity contribution >= 4 is 0 Å². The fourth-order valence-corrected chi connectivity index (χ4v) is 0.590. The van der Waals surface area contributed by atoms with Crippen LogP contribution in [-0.4, -0.2) is 5.11 Å². The number of hydrogen-bond acceptors (Lipinski definition) is 1. The Bertz CT molecular complexity index is 116. The monoisotopic (exact) mass is 334 g/mol. The van der Waals surface area contributed by atoms with Crippen molar-refractivity contribution in [3.8, 4) is 0 Å². The number of aliphatic hydroxyl groups is 1. The van der Waals surface area contributed by atoms with Crippen LogP contribution in [0.4, 0.5) is 0 Å². The number of aliphatic hydroxyl groups excluding tert-OH is 1. The zero-order chi connectivity index (χ0) is 5.11. The molecule has 0 saturated heterocycles. The molecule has 0 unspecified atom stereocenters. The molecule has 2 heteroatoms. The van der Waals surface area contributed by atoms with E-state index >= 15 is 0 Å². The molecule has 42 valence electrons. The Kier molecular flexibility index (Phi) is 4.41. The zero-order valence-electron chi connectivity index (χ0n) is 4.59. The summed E-state index contributed by atoms with van der Waals surface area (Å²) in [5, 5.41) is 8.72. The van der Waals surface area contributed by atoms with E-state index < -0.39 is 0 Å². The molecular formula is C6H8OU. The molecule has 0 fully saturated rings. The van der Waals surface area contributed by atoms with Crippen molar-refractivity contribution < 1.29 is 36.2 Å². The van der Waals surface area contributed by atoms with Crippen molar-refractivity contribution in [2.45, 2.75) is 12.8 Å². The first kappa shape index (κ1) is 8.33. The summed E-state index contributed by atoms with van der Waals surface area (Å²) in [6, 6.07) is 0. The Morgan fingerprint density at radius 1 is 1.50 bits per heavy atom. The molecule has 1 rings (SSSR count). The third-order valence-electron chi connectivity index (χ3n) is 0.992. The van der Waals surface area contributed by atoms with Gasteiger partial charge in [0, 0.05) is 37.5 Å². The standard InChI is InChI=1S/C6H8O.U/c7-6-4-2-1-3-5-6;/h1-2,4,7H,3,5H2;. The van der Waals surface area contributed by atoms with Gasteiger partial charge in [-0.15, -0.1) is 0 Å². The molecule has 0 spiro atoms. The van der Waals surface area contributed by atoms with Crippen LogP contribution in [0.1, 0.15) is 12.8 Å². The molecule has 0 aromatic carbocycles. The Labute approximate surface area is 72.9 Å². The van der Waals surface area contributed by atoms with Crippen molar-refractivity contribution in [3.05, 3.63) is 24.0 Å². The summed E-state index contributed by atoms with van der Waals surface area (Å²) in [6.45, 7) is 0. The number of allylic oxidation sites excluding steroid dienone is 4. The van der Waals surface area contributed by atoms with Crippen molar-refractivity contribution in [1.29, 1.82) is 0 Å². The molecule has 0 atom stereocenters. The summed E-state index contributed by atoms with van der Waals surface area (Å²) in [5.41, 5.74) is 0. The smallest absolute Gasteiger partial charge is 0.0925 e. The van der Waals surface area contributed by atoms with Crippen LogP contribution < -0.4 is 0 Å². The molecule has 1 nitrogen and oxygen atoms in total. The van der Waals surface area contributed by atoms with Gasteiger partial charge in [-0.25, -0.2) is 0 Å². The van der Waals surface area contributed by atoms with Gasteiger partial charge in [0.25, 0.3) is 0 Å². The molecule has 1 N–H and O–H groups in total. The van der Waals surface area contributed by atoms with Gasteiger partial charge >= 0.3 is 0 Å². The van der Waals surface area contributed by atoms with E-state index in [4.69, 9.17) is 5.11 Å². The molecular weight excluding hydrogens is 326 g/mol. The first-order valence-electron chi connectivity index (χ1n) is 2.44. The average molecular weight is 334 g/mol. The van der Waals surface area contributed by atoms with E-state index in [9.17, 15) is 0 Å². The molecule has 1 aliphatic rings. The molecule has 0 heterocycles. The maximum absolute atomic E-state index is 8.72. The summed E-state index contributed by atoms with van der Waals surface area (Å²) in [6.07, 6.45) is 7.45. The summed E-state index contributed by atoms with van der Waals surface area (Å²) < 4.78 is 0. The van der Waals surface area contributed by atoms with Gasteiger partial charge in [-0.1, -0.05) is 12.2 Å². The van der Waals surface area contributed by atoms with Crippen LogP contribution in [0.15, 0.2) is 24.0 Å². The minimum atomic E-state index is 0. The average Bonchev–Trinajstić information content (AvgIpc) is 1.69. The largest absolute Gasteiger partial charge is 0.512 e. The van der Waals surface area contributed by atoms with E-state index in [0.29, 0.717) is 5.76 Å². The second-order valence-electron chi connectivity index (χ2n) is 1.62. The summed E-state index contributed by atoms with van der Waals surface area (Å²) in [4.78, 5) is 0. The molecule has 0 saturated carbocycles. The number of rotatable bonds is 0. The van der Waals surface area contributed by atoms with E-state index in [1.54, 1.807) is 6.08 Å². The molecule has 0 bridgehead atoms. The first-order valence-corrected chi connectivity index (χ1v) is 2.44. The van der Waals surface area contributed by atoms with Crippen LogP contribution in [0.5, 0.6) is 0 Å². The Morgan fingerprint density at radius 3 is 2.50 bits per heavy atom. The van der Waals surface area contributed by atoms with Gasteiger partial charge in [0.15, 0.2) is 0 Å². The molecule has 1 aliphatic carbocycles. The van der Waals surface area contributed by atoms with Crippen molar-refractivity contribution in [2.75, 3.05) is 0 Å². The van der Waals surface area contributed by atoms with E-state index in [0.717, 1.165) is 12.8 Å². The normalized spacial score (nSPS) is 16.8. The van der Waals surface area contributed by atoms with Gasteiger partial charge in [-0.3, -0.25) is 0 Å². The van der Waals surface area contributed by atoms with Gasteiger partial charge < -0.3 is 5.11 Å². The minimum absolute atomic E-state index is 0. The van der Waals surface area contributed by atoms with Crippen molar-refractivity contribution in [2.24, 2.45) is 0 Å². The molecule has 0 amide bonds. The van der Waals surface area contributed by atoms with Gasteiger partial charge in [0.2, 0.25) is 0 Å². The maximum atomic E-state index is 8.72. The van der Waals surface area contributed by atoms with Gasteiger partial charge in [-0.2, -0.15) is 0 Å². The van der Waals surface area contributed by atoms with Crippen LogP contribution in [0, 0.1) is 31.1 Å². The molecule has 0 aromatic rings. The van der Waals surface area contributed by atoms with Crippen LogP contribution in [0.25, 0.3) is 0 Å². The van der Waals surface area contributed by atoms with Gasteiger partial charge in [0.1, 0.15) is 0 Å². The Balaban J connectivity index is 0.000000490. The van der Waals surface area contributed by atoms with Crippen LogP contribution in [0.3, 0.4) is 0 Å². The third-order valence-corrected chi connectivity index (χ3v) is 0.992. The SMILES string of the molecule is OC1=CC=CCC1.[U]. The van der Waals surface area contributed by atoms with Crippen molar-refractivity contribution in [3.63, 3.8) is 0 Å². The van der Waals surface area contributed by atoms with E-state index in [-0.39, 0.29) is 31.1 Å². The second-order valence-corrected chi connectivity index (χ2v) is 1.62. The van der Waals surface area contributed by atoms with Crippen molar-refractivity contribution in [1.82, 2.24) is 0 Å². The first-order chi connectivity index (χ1) is 3.39. The fourth-order valence-electron chi connectivity index (χ4n) is 0.590. The molecule has 8 heavy (non-hydrogen) atoms. The van der Waals surface area contributed by atoms with E-state index in [1.165, 1.54) is 0 Å². The Hall–Kier alpha value is 0.332. The quantitative estimate of drug-likeness (QED) is 0.716. The predicted octanol–water partition coefficient (Wildman–Crippen LogP) is 1.78. The summed E-state index contributed by atoms with van der Waals surface area (Å²) in [5.74, 6) is 0.502. The van der Waals surface area contributed by atoms with Gasteiger partial charge in [-0.05, 0) is 12.5 Å². The topological polar surface area (TPSA) is 20.2 Å². The van der Waals surface area contributed by atoms with Crippen LogP contribution in [-0.2, 0) is 0 Å². The molecule has 0 aromatic heterocycles. The summed E-state index contributed by atoms with van der Waals surface area (Å²) >= 11 is 0. The third kappa shape index (κ3) is 2.59. The van der Waals surface area contributed by atoms with Crippen LogP contribution >= 0.6 is 0 Å². The summed E-state index contributed by atoms with van der Waals surface area (Å²) in [7, 11) is 0. The predicted molar refractivity (Wildman–Crippen MR) is 29.1 cm³/mol.